The van der Waals surface area contributed by atoms with Crippen LogP contribution in [-0.2, 0) is 4.79 Å². The first-order valence-electron chi connectivity index (χ1n) is 8.42. The second-order valence-corrected chi connectivity index (χ2v) is 6.37. The van der Waals surface area contributed by atoms with Gasteiger partial charge in [0.05, 0.1) is 11.9 Å². The van der Waals surface area contributed by atoms with Crippen LogP contribution in [-0.4, -0.2) is 41.2 Å². The van der Waals surface area contributed by atoms with Gasteiger partial charge in [0.25, 0.3) is 0 Å². The van der Waals surface area contributed by atoms with Crippen LogP contribution in [0.15, 0.2) is 30.7 Å². The van der Waals surface area contributed by atoms with Crippen LogP contribution >= 0.6 is 11.6 Å². The molecule has 9 heteroatoms. The molecule has 1 aromatic rings. The monoisotopic (exact) mass is 377 g/mol. The van der Waals surface area contributed by atoms with E-state index in [0.717, 1.165) is 31.9 Å². The van der Waals surface area contributed by atoms with Crippen LogP contribution in [0.5, 0.6) is 0 Å². The maximum atomic E-state index is 11.5. The predicted octanol–water partition coefficient (Wildman–Crippen LogP) is 2.28. The highest BCUT2D eigenvalue weighted by Gasteiger charge is 2.23. The Bertz CT molecular complexity index is 692. The van der Waals surface area contributed by atoms with Crippen molar-refractivity contribution in [1.82, 2.24) is 20.6 Å². The summed E-state index contributed by atoms with van der Waals surface area (Å²) in [4.78, 5) is 20.0. The molecule has 1 amide bonds. The third-order valence-corrected chi connectivity index (χ3v) is 4.28. The zero-order valence-corrected chi connectivity index (χ0v) is 15.4. The van der Waals surface area contributed by atoms with Crippen molar-refractivity contribution in [3.05, 3.63) is 35.8 Å². The minimum Gasteiger partial charge on any atom is -0.392 e. The molecule has 2 rings (SSSR count). The highest BCUT2D eigenvalue weighted by Crippen LogP contribution is 2.26. The summed E-state index contributed by atoms with van der Waals surface area (Å²) in [6.45, 7) is 3.48. The van der Waals surface area contributed by atoms with E-state index in [2.05, 4.69) is 37.8 Å². The minimum absolute atomic E-state index is 0.105. The molecule has 8 nitrogen and oxygen atoms in total. The zero-order valence-electron chi connectivity index (χ0n) is 14.7. The Morgan fingerprint density at radius 2 is 2.19 bits per heavy atom. The van der Waals surface area contributed by atoms with Gasteiger partial charge < -0.3 is 26.7 Å². The molecule has 1 aromatic heterocycles. The lowest BCUT2D eigenvalue weighted by Gasteiger charge is -2.30. The van der Waals surface area contributed by atoms with E-state index >= 15 is 0 Å². The zero-order chi connectivity index (χ0) is 18.9. The van der Waals surface area contributed by atoms with Crippen molar-refractivity contribution in [2.75, 3.05) is 17.7 Å². The van der Waals surface area contributed by atoms with E-state index in [4.69, 9.17) is 17.0 Å². The molecule has 0 aliphatic heterocycles. The first-order valence-corrected chi connectivity index (χ1v) is 8.80. The Kier molecular flexibility index (Phi) is 7.40. The van der Waals surface area contributed by atoms with Crippen LogP contribution in [0.2, 0.25) is 5.02 Å². The van der Waals surface area contributed by atoms with Crippen LogP contribution in [0.3, 0.4) is 0 Å². The molecule has 0 aromatic carbocycles. The van der Waals surface area contributed by atoms with E-state index in [0.29, 0.717) is 22.5 Å². The number of aromatic nitrogens is 2. The lowest BCUT2D eigenvalue weighted by molar-refractivity contribution is -0.117. The van der Waals surface area contributed by atoms with Gasteiger partial charge in [-0.25, -0.2) is 4.98 Å². The number of nitrogens with zero attached hydrogens (tertiary/aromatic N) is 2. The van der Waals surface area contributed by atoms with Crippen LogP contribution < -0.4 is 21.3 Å². The fourth-order valence-corrected chi connectivity index (χ4v) is 2.98. The van der Waals surface area contributed by atoms with Crippen LogP contribution in [0.1, 0.15) is 25.7 Å². The molecule has 5 N–H and O–H groups in total. The summed E-state index contributed by atoms with van der Waals surface area (Å²) >= 11 is 6.22. The van der Waals surface area contributed by atoms with Crippen molar-refractivity contribution in [3.63, 3.8) is 0 Å². The van der Waals surface area contributed by atoms with Gasteiger partial charge in [0.15, 0.2) is 5.82 Å². The van der Waals surface area contributed by atoms with Crippen molar-refractivity contribution >= 4 is 35.5 Å². The van der Waals surface area contributed by atoms with Crippen molar-refractivity contribution in [1.29, 1.82) is 5.41 Å². The summed E-state index contributed by atoms with van der Waals surface area (Å²) in [6, 6.07) is 0.252. The standard InChI is InChI=1S/C17H24ClN7O/c1-3-15(26)22-11-5-4-6-12(7-11)23-16-14(18)10-21-17(25-16)24-13(8-19)9-20-2/h3,8-12,19-20H,1,4-7H2,2H3,(H,22,26)(H2,21,23,24,25)/b13-9+,19-8?/t11-,12+/m0/s1. The van der Waals surface area contributed by atoms with Gasteiger partial charge >= 0.3 is 0 Å². The van der Waals surface area contributed by atoms with Gasteiger partial charge in [-0.05, 0) is 31.8 Å². The highest BCUT2D eigenvalue weighted by molar-refractivity contribution is 6.32. The Morgan fingerprint density at radius 3 is 2.88 bits per heavy atom. The van der Waals surface area contributed by atoms with E-state index in [9.17, 15) is 4.79 Å². The van der Waals surface area contributed by atoms with Gasteiger partial charge in [-0.1, -0.05) is 18.2 Å². The quantitative estimate of drug-likeness (QED) is 0.350. The molecule has 1 fully saturated rings. The number of hydrogen-bond acceptors (Lipinski definition) is 7. The molecule has 0 saturated heterocycles. The van der Waals surface area contributed by atoms with E-state index < -0.39 is 0 Å². The first kappa shape index (κ1) is 19.7. The van der Waals surface area contributed by atoms with Gasteiger partial charge in [0.1, 0.15) is 5.02 Å². The number of rotatable bonds is 8. The van der Waals surface area contributed by atoms with Gasteiger partial charge in [-0.3, -0.25) is 4.79 Å². The number of amides is 1. The third-order valence-electron chi connectivity index (χ3n) is 4.00. The van der Waals surface area contributed by atoms with Crippen molar-refractivity contribution in [3.8, 4) is 0 Å². The van der Waals surface area contributed by atoms with E-state index in [-0.39, 0.29) is 18.0 Å². The molecule has 1 aliphatic rings. The maximum Gasteiger partial charge on any atom is 0.243 e. The van der Waals surface area contributed by atoms with E-state index in [1.807, 2.05) is 0 Å². The van der Waals surface area contributed by atoms with Gasteiger partial charge in [0, 0.05) is 31.5 Å². The topological polar surface area (TPSA) is 115 Å². The molecule has 26 heavy (non-hydrogen) atoms. The maximum absolute atomic E-state index is 11.5. The van der Waals surface area contributed by atoms with Crippen LogP contribution in [0.25, 0.3) is 0 Å². The molecule has 1 aliphatic carbocycles. The first-order chi connectivity index (χ1) is 12.5. The SMILES string of the molecule is C=CC(=O)N[C@H]1CCC[C@@H](Nc2nc(N/C(C=N)=C/NC)ncc2Cl)C1. The number of halogens is 1. The Morgan fingerprint density at radius 1 is 1.42 bits per heavy atom. The summed E-state index contributed by atoms with van der Waals surface area (Å²) < 4.78 is 0. The normalized spacial score (nSPS) is 20.0. The molecule has 0 unspecified atom stereocenters. The fraction of sp³-hybridized carbons (Fsp3) is 0.412. The summed E-state index contributed by atoms with van der Waals surface area (Å²) in [5.74, 6) is 0.713. The molecule has 0 spiro atoms. The summed E-state index contributed by atoms with van der Waals surface area (Å²) in [6.07, 6.45) is 9.29. The summed E-state index contributed by atoms with van der Waals surface area (Å²) in [7, 11) is 1.74. The van der Waals surface area contributed by atoms with Gasteiger partial charge in [0.2, 0.25) is 11.9 Å². The minimum atomic E-state index is -0.155. The van der Waals surface area contributed by atoms with Crippen LogP contribution in [0, 0.1) is 5.41 Å². The predicted molar refractivity (Wildman–Crippen MR) is 105 cm³/mol. The lowest BCUT2D eigenvalue weighted by Crippen LogP contribution is -2.41. The van der Waals surface area contributed by atoms with Gasteiger partial charge in [-0.2, -0.15) is 4.98 Å². The number of hydrogen-bond donors (Lipinski definition) is 5. The molecular formula is C17H24ClN7O. The average Bonchev–Trinajstić information content (AvgIpc) is 2.64. The molecule has 2 atom stereocenters. The molecular weight excluding hydrogens is 354 g/mol. The van der Waals surface area contributed by atoms with E-state index in [1.54, 1.807) is 13.2 Å². The largest absolute Gasteiger partial charge is 0.392 e. The smallest absolute Gasteiger partial charge is 0.243 e. The van der Waals surface area contributed by atoms with E-state index in [1.165, 1.54) is 12.3 Å². The average molecular weight is 378 g/mol. The van der Waals surface area contributed by atoms with Gasteiger partial charge in [-0.15, -0.1) is 0 Å². The van der Waals surface area contributed by atoms with Crippen LogP contribution in [0.4, 0.5) is 11.8 Å². The second-order valence-electron chi connectivity index (χ2n) is 5.97. The summed E-state index contributed by atoms with van der Waals surface area (Å²) in [5, 5.41) is 19.9. The fourth-order valence-electron chi connectivity index (χ4n) is 2.83. The molecule has 140 valence electrons. The molecule has 0 radical (unpaired) electrons. The number of allylic oxidation sites excluding steroid dienone is 1. The third kappa shape index (κ3) is 5.73. The van der Waals surface area contributed by atoms with Crippen molar-refractivity contribution in [2.24, 2.45) is 0 Å². The molecule has 1 heterocycles. The number of nitrogens with one attached hydrogen (secondary N) is 5. The second kappa shape index (κ2) is 9.76. The Balaban J connectivity index is 2.05. The number of anilines is 2. The molecule has 0 bridgehead atoms. The summed E-state index contributed by atoms with van der Waals surface area (Å²) in [5.41, 5.74) is 0.519. The van der Waals surface area contributed by atoms with Crippen molar-refractivity contribution < 1.29 is 4.79 Å². The Labute approximate surface area is 158 Å². The lowest BCUT2D eigenvalue weighted by atomic mass is 9.91. The highest BCUT2D eigenvalue weighted by atomic mass is 35.5. The Hall–Kier alpha value is -2.61. The molecule has 1 saturated carbocycles. The number of carbonyl (C=O) groups is 1. The van der Waals surface area contributed by atoms with Crippen molar-refractivity contribution in [2.45, 2.75) is 37.8 Å². The number of carbonyl (C=O) groups excluding carboxylic acids is 1.